The smallest absolute Gasteiger partial charge is 0.339 e. The van der Waals surface area contributed by atoms with Crippen LogP contribution < -0.4 is 0 Å². The Kier molecular flexibility index (Phi) is 7.41. The van der Waals surface area contributed by atoms with Gasteiger partial charge in [-0.25, -0.2) is 4.79 Å². The third-order valence-electron chi connectivity index (χ3n) is 2.13. The molecule has 0 spiro atoms. The van der Waals surface area contributed by atoms with Crippen LogP contribution in [0.25, 0.3) is 0 Å². The number of hydrogen-bond donors (Lipinski definition) is 0. The maximum absolute atomic E-state index is 11.6. The summed E-state index contributed by atoms with van der Waals surface area (Å²) < 4.78 is 15.3. The maximum atomic E-state index is 11.6. The maximum Gasteiger partial charge on any atom is 0.339 e. The van der Waals surface area contributed by atoms with E-state index in [1.807, 2.05) is 6.92 Å². The van der Waals surface area contributed by atoms with Crippen LogP contribution in [0, 0.1) is 0 Å². The van der Waals surface area contributed by atoms with Crippen LogP contribution in [0.3, 0.4) is 0 Å². The summed E-state index contributed by atoms with van der Waals surface area (Å²) in [6, 6.07) is 6.77. The van der Waals surface area contributed by atoms with Crippen molar-refractivity contribution in [1.82, 2.24) is 0 Å². The number of esters is 1. The molecule has 1 rings (SSSR count). The largest absolute Gasteiger partial charge is 0.460 e. The predicted octanol–water partition coefficient (Wildman–Crippen LogP) is 2.55. The molecule has 0 aliphatic heterocycles. The molecule has 0 heterocycles. The molecule has 0 N–H and O–H groups in total. The van der Waals surface area contributed by atoms with Crippen molar-refractivity contribution in [3.05, 3.63) is 34.9 Å². The second-order valence-electron chi connectivity index (χ2n) is 3.43. The Hall–Kier alpha value is -1.10. The molecule has 0 unspecified atom stereocenters. The summed E-state index contributed by atoms with van der Waals surface area (Å²) in [5.74, 6) is -0.436. The zero-order valence-electron chi connectivity index (χ0n) is 10.4. The van der Waals surface area contributed by atoms with Gasteiger partial charge in [0.25, 0.3) is 0 Å². The lowest BCUT2D eigenvalue weighted by atomic mass is 10.2. The van der Waals surface area contributed by atoms with Crippen LogP contribution in [0.2, 0.25) is 5.02 Å². The normalized spacial score (nSPS) is 10.3. The van der Waals surface area contributed by atoms with E-state index in [0.29, 0.717) is 37.0 Å². The van der Waals surface area contributed by atoms with Gasteiger partial charge in [-0.1, -0.05) is 23.7 Å². The number of benzene rings is 1. The average molecular weight is 273 g/mol. The Bertz CT molecular complexity index is 368. The summed E-state index contributed by atoms with van der Waals surface area (Å²) in [7, 11) is 0. The second-order valence-corrected chi connectivity index (χ2v) is 3.83. The van der Waals surface area contributed by atoms with Crippen molar-refractivity contribution in [1.29, 1.82) is 0 Å². The predicted molar refractivity (Wildman–Crippen MR) is 69.0 cm³/mol. The highest BCUT2D eigenvalue weighted by Gasteiger charge is 2.10. The average Bonchev–Trinajstić information content (AvgIpc) is 2.38. The molecule has 0 aliphatic rings. The minimum atomic E-state index is -0.436. The van der Waals surface area contributed by atoms with E-state index in [-0.39, 0.29) is 6.61 Å². The van der Waals surface area contributed by atoms with E-state index in [1.165, 1.54) is 0 Å². The van der Waals surface area contributed by atoms with Crippen LogP contribution in [-0.4, -0.2) is 39.0 Å². The van der Waals surface area contributed by atoms with Gasteiger partial charge in [-0.15, -0.1) is 0 Å². The fraction of sp³-hybridized carbons (Fsp3) is 0.462. The summed E-state index contributed by atoms with van der Waals surface area (Å²) in [6.45, 7) is 4.20. The first-order valence-corrected chi connectivity index (χ1v) is 6.20. The first kappa shape index (κ1) is 15.0. The van der Waals surface area contributed by atoms with E-state index >= 15 is 0 Å². The number of ether oxygens (including phenoxy) is 3. The first-order chi connectivity index (χ1) is 8.75. The highest BCUT2D eigenvalue weighted by atomic mass is 35.5. The zero-order valence-corrected chi connectivity index (χ0v) is 11.1. The minimum Gasteiger partial charge on any atom is -0.460 e. The van der Waals surface area contributed by atoms with Gasteiger partial charge in [0.15, 0.2) is 0 Å². The molecule has 0 radical (unpaired) electrons. The molecule has 4 nitrogen and oxygen atoms in total. The highest BCUT2D eigenvalue weighted by Crippen LogP contribution is 2.15. The molecule has 100 valence electrons. The molecule has 1 aromatic rings. The van der Waals surface area contributed by atoms with Gasteiger partial charge in [-0.2, -0.15) is 0 Å². The van der Waals surface area contributed by atoms with Crippen molar-refractivity contribution in [2.45, 2.75) is 6.92 Å². The number of carbonyl (C=O) groups excluding carboxylic acids is 1. The van der Waals surface area contributed by atoms with Crippen molar-refractivity contribution in [3.8, 4) is 0 Å². The number of rotatable bonds is 8. The number of halogens is 1. The molecule has 0 saturated heterocycles. The van der Waals surface area contributed by atoms with E-state index in [2.05, 4.69) is 0 Å². The van der Waals surface area contributed by atoms with Gasteiger partial charge in [0.1, 0.15) is 6.61 Å². The van der Waals surface area contributed by atoms with Gasteiger partial charge < -0.3 is 14.2 Å². The standard InChI is InChI=1S/C13H17ClO4/c1-2-16-7-8-17-9-10-18-13(15)11-5-3-4-6-12(11)14/h3-6H,2,7-10H2,1H3. The van der Waals surface area contributed by atoms with Crippen LogP contribution >= 0.6 is 11.6 Å². The lowest BCUT2D eigenvalue weighted by Crippen LogP contribution is -2.13. The number of carbonyl (C=O) groups is 1. The summed E-state index contributed by atoms with van der Waals surface area (Å²) >= 11 is 5.87. The topological polar surface area (TPSA) is 44.8 Å². The van der Waals surface area contributed by atoms with Gasteiger partial charge in [0.05, 0.1) is 30.4 Å². The Morgan fingerprint density at radius 1 is 1.11 bits per heavy atom. The van der Waals surface area contributed by atoms with E-state index < -0.39 is 5.97 Å². The quantitative estimate of drug-likeness (QED) is 0.539. The third kappa shape index (κ3) is 5.49. The molecular weight excluding hydrogens is 256 g/mol. The molecule has 18 heavy (non-hydrogen) atoms. The molecule has 0 bridgehead atoms. The fourth-order valence-electron chi connectivity index (χ4n) is 1.26. The monoisotopic (exact) mass is 272 g/mol. The van der Waals surface area contributed by atoms with Gasteiger partial charge in [0, 0.05) is 6.61 Å². The van der Waals surface area contributed by atoms with Crippen LogP contribution in [0.5, 0.6) is 0 Å². The first-order valence-electron chi connectivity index (χ1n) is 5.83. The van der Waals surface area contributed by atoms with Gasteiger partial charge >= 0.3 is 5.97 Å². The van der Waals surface area contributed by atoms with E-state index in [0.717, 1.165) is 0 Å². The van der Waals surface area contributed by atoms with Crippen molar-refractivity contribution in [2.24, 2.45) is 0 Å². The van der Waals surface area contributed by atoms with Crippen LogP contribution in [0.4, 0.5) is 0 Å². The summed E-state index contributed by atoms with van der Waals surface area (Å²) in [4.78, 5) is 11.6. The van der Waals surface area contributed by atoms with Gasteiger partial charge in [-0.05, 0) is 19.1 Å². The Balaban J connectivity index is 2.16. The van der Waals surface area contributed by atoms with Crippen molar-refractivity contribution in [2.75, 3.05) is 33.0 Å². The third-order valence-corrected chi connectivity index (χ3v) is 2.46. The van der Waals surface area contributed by atoms with Crippen LogP contribution in [-0.2, 0) is 14.2 Å². The highest BCUT2D eigenvalue weighted by molar-refractivity contribution is 6.33. The molecule has 1 aromatic carbocycles. The Morgan fingerprint density at radius 3 is 2.50 bits per heavy atom. The number of hydrogen-bond acceptors (Lipinski definition) is 4. The van der Waals surface area contributed by atoms with Crippen molar-refractivity contribution in [3.63, 3.8) is 0 Å². The molecule has 0 fully saturated rings. The van der Waals surface area contributed by atoms with Crippen LogP contribution in [0.1, 0.15) is 17.3 Å². The molecule has 0 amide bonds. The van der Waals surface area contributed by atoms with E-state index in [9.17, 15) is 4.79 Å². The Labute approximate surface area is 112 Å². The second kappa shape index (κ2) is 8.91. The SMILES string of the molecule is CCOCCOCCOC(=O)c1ccccc1Cl. The van der Waals surface area contributed by atoms with Gasteiger partial charge in [-0.3, -0.25) is 0 Å². The van der Waals surface area contributed by atoms with E-state index in [4.69, 9.17) is 25.8 Å². The lowest BCUT2D eigenvalue weighted by Gasteiger charge is -2.07. The molecule has 0 aliphatic carbocycles. The molecule has 0 saturated carbocycles. The fourth-order valence-corrected chi connectivity index (χ4v) is 1.47. The Morgan fingerprint density at radius 2 is 1.78 bits per heavy atom. The molecule has 0 aromatic heterocycles. The minimum absolute atomic E-state index is 0.205. The van der Waals surface area contributed by atoms with Gasteiger partial charge in [0.2, 0.25) is 0 Å². The molecule has 0 atom stereocenters. The summed E-state index contributed by atoms with van der Waals surface area (Å²) in [5.41, 5.74) is 0.369. The van der Waals surface area contributed by atoms with Crippen LogP contribution in [0.15, 0.2) is 24.3 Å². The van der Waals surface area contributed by atoms with E-state index in [1.54, 1.807) is 24.3 Å². The summed E-state index contributed by atoms with van der Waals surface area (Å²) in [5, 5.41) is 0.389. The van der Waals surface area contributed by atoms with Crippen molar-refractivity contribution >= 4 is 17.6 Å². The summed E-state index contributed by atoms with van der Waals surface area (Å²) in [6.07, 6.45) is 0. The molecular formula is C13H17ClO4. The lowest BCUT2D eigenvalue weighted by molar-refractivity contribution is 0.0164. The van der Waals surface area contributed by atoms with Crippen molar-refractivity contribution < 1.29 is 19.0 Å². The molecule has 5 heteroatoms. The zero-order chi connectivity index (χ0) is 13.2.